The van der Waals surface area contributed by atoms with Crippen LogP contribution in [0.15, 0.2) is 0 Å². The molecule has 0 aromatic heterocycles. The molecule has 0 spiro atoms. The largest absolute Gasteiger partial charge is 0.262 e. The second kappa shape index (κ2) is 7.78. The molecular formula is C36H60N3+3. The lowest BCUT2D eigenvalue weighted by Gasteiger charge is -2.51. The van der Waals surface area contributed by atoms with E-state index in [0.29, 0.717) is 0 Å². The van der Waals surface area contributed by atoms with Gasteiger partial charge in [-0.25, -0.2) is 0 Å². The number of fused-ring (bicyclic) bond motifs is 6. The minimum atomic E-state index is 0.0155. The monoisotopic (exact) mass is 534 g/mol. The minimum absolute atomic E-state index is 0.0155. The Hall–Kier alpha value is -1.68. The van der Waals surface area contributed by atoms with E-state index in [1.165, 1.54) is 31.3 Å². The fraction of sp³-hybridized carbons (Fsp3) is 0.667. The van der Waals surface area contributed by atoms with Crippen LogP contribution < -0.4 is 31.3 Å². The zero-order valence-electron chi connectivity index (χ0n) is 28.8. The van der Waals surface area contributed by atoms with E-state index in [-0.39, 0.29) is 33.2 Å². The third-order valence-electron chi connectivity index (χ3n) is 10.4. The topological polar surface area (TPSA) is 0 Å². The smallest absolute Gasteiger partial charge is 0.110 e. The Labute approximate surface area is 239 Å². The summed E-state index contributed by atoms with van der Waals surface area (Å²) >= 11 is 0. The molecule has 4 rings (SSSR count). The van der Waals surface area contributed by atoms with Gasteiger partial charge in [0.1, 0.15) is 37.2 Å². The summed E-state index contributed by atoms with van der Waals surface area (Å²) in [6.45, 7) is 43.2. The Bertz CT molecular complexity index is 1240. The van der Waals surface area contributed by atoms with Gasteiger partial charge in [0.05, 0.1) is 64.5 Å². The van der Waals surface area contributed by atoms with Gasteiger partial charge in [-0.15, -0.1) is 0 Å². The number of nitrogens with zero attached hydrogens (tertiary/aromatic N) is 3. The van der Waals surface area contributed by atoms with E-state index >= 15 is 0 Å². The highest BCUT2D eigenvalue weighted by Crippen LogP contribution is 2.41. The standard InChI is InChI=1S/C36H60N3/c1-31(2,3)37(32(4,5)6)19-25-26(20-37)28-22-39(35(13,14)15,36(16,17)18)24-30(28)29-23-38(21-27(25)29,33(7,8)9)34(10,11)12/h19-24H,1-18H3/q+3. The first kappa shape index (κ1) is 30.3. The number of quaternary nitrogens is 3. The van der Waals surface area contributed by atoms with E-state index in [4.69, 9.17) is 0 Å². The van der Waals surface area contributed by atoms with Gasteiger partial charge in [0.25, 0.3) is 0 Å². The zero-order valence-corrected chi connectivity index (χ0v) is 28.8. The van der Waals surface area contributed by atoms with Crippen LogP contribution in [0.5, 0.6) is 0 Å². The third kappa shape index (κ3) is 3.78. The summed E-state index contributed by atoms with van der Waals surface area (Å²) in [7, 11) is 0. The van der Waals surface area contributed by atoms with Gasteiger partial charge < -0.3 is 0 Å². The maximum atomic E-state index is 2.61. The second-order valence-corrected chi connectivity index (χ2v) is 18.6. The molecule has 3 aliphatic rings. The van der Waals surface area contributed by atoms with Gasteiger partial charge in [0.15, 0.2) is 0 Å². The number of hydrogen-bond acceptors (Lipinski definition) is 0. The fourth-order valence-electron chi connectivity index (χ4n) is 8.38. The molecule has 0 aliphatic carbocycles. The molecule has 3 nitrogen and oxygen atoms in total. The molecule has 0 atom stereocenters. The Morgan fingerprint density at radius 2 is 0.359 bits per heavy atom. The van der Waals surface area contributed by atoms with Crippen molar-refractivity contribution in [2.24, 2.45) is 0 Å². The van der Waals surface area contributed by atoms with Crippen molar-refractivity contribution in [3.8, 4) is 0 Å². The van der Waals surface area contributed by atoms with Gasteiger partial charge in [0.2, 0.25) is 0 Å². The molecule has 0 amide bonds. The number of hydrogen-bond donors (Lipinski definition) is 0. The normalized spacial score (nSPS) is 21.4. The van der Waals surface area contributed by atoms with Gasteiger partial charge in [-0.05, 0) is 125 Å². The Morgan fingerprint density at radius 3 is 0.436 bits per heavy atom. The molecule has 0 N–H and O–H groups in total. The molecule has 1 aromatic rings. The van der Waals surface area contributed by atoms with Crippen molar-refractivity contribution in [1.29, 1.82) is 0 Å². The second-order valence-electron chi connectivity index (χ2n) is 18.6. The van der Waals surface area contributed by atoms with Crippen LogP contribution in [0.4, 0.5) is 0 Å². The average Bonchev–Trinajstić information content (AvgIpc) is 3.36. The van der Waals surface area contributed by atoms with Crippen LogP contribution in [0.2, 0.25) is 0 Å². The Balaban J connectivity index is 2.40. The zero-order chi connectivity index (χ0) is 30.2. The summed E-state index contributed by atoms with van der Waals surface area (Å²) in [6, 6.07) is 0. The van der Waals surface area contributed by atoms with Crippen LogP contribution in [0.1, 0.15) is 125 Å². The SMILES string of the molecule is CC(C)(C)[N+]1(C(C)(C)C)C=c2c3c(c4c(c2=C1)=C[N+](C(C)(C)C)(C(C)(C)C)C=4)=C[N+](C(C)(C)C)(C(C)(C)C)C=3. The van der Waals surface area contributed by atoms with Crippen molar-refractivity contribution >= 4 is 37.2 Å². The van der Waals surface area contributed by atoms with Crippen LogP contribution in [0.25, 0.3) is 37.2 Å². The summed E-state index contributed by atoms with van der Waals surface area (Å²) in [6.07, 6.45) is 15.7. The maximum Gasteiger partial charge on any atom is 0.110 e. The van der Waals surface area contributed by atoms with Crippen LogP contribution >= 0.6 is 0 Å². The molecule has 3 heterocycles. The van der Waals surface area contributed by atoms with Gasteiger partial charge in [-0.1, -0.05) is 0 Å². The van der Waals surface area contributed by atoms with Gasteiger partial charge >= 0.3 is 0 Å². The van der Waals surface area contributed by atoms with Crippen molar-refractivity contribution in [1.82, 2.24) is 0 Å². The van der Waals surface area contributed by atoms with Crippen molar-refractivity contribution in [2.45, 2.75) is 158 Å². The lowest BCUT2D eigenvalue weighted by molar-refractivity contribution is -0.871. The van der Waals surface area contributed by atoms with Crippen LogP contribution in [-0.4, -0.2) is 46.7 Å². The average molecular weight is 535 g/mol. The maximum absolute atomic E-state index is 2.61. The van der Waals surface area contributed by atoms with Crippen molar-refractivity contribution < 1.29 is 13.4 Å². The first-order chi connectivity index (χ1) is 17.1. The van der Waals surface area contributed by atoms with Gasteiger partial charge in [0, 0.05) is 0 Å². The Kier molecular flexibility index (Phi) is 6.04. The first-order valence-corrected chi connectivity index (χ1v) is 15.1. The van der Waals surface area contributed by atoms with E-state index in [9.17, 15) is 0 Å². The van der Waals surface area contributed by atoms with Gasteiger partial charge in [-0.3, -0.25) is 13.4 Å². The molecule has 0 unspecified atom stereocenters. The molecule has 0 saturated carbocycles. The van der Waals surface area contributed by atoms with E-state index in [1.807, 2.05) is 0 Å². The van der Waals surface area contributed by atoms with E-state index in [1.54, 1.807) is 0 Å². The molecule has 39 heavy (non-hydrogen) atoms. The van der Waals surface area contributed by atoms with Crippen LogP contribution in [0, 0.1) is 0 Å². The highest BCUT2D eigenvalue weighted by atomic mass is 15.4. The third-order valence-corrected chi connectivity index (χ3v) is 10.4. The van der Waals surface area contributed by atoms with Crippen molar-refractivity contribution in [3.05, 3.63) is 31.3 Å². The van der Waals surface area contributed by atoms with Crippen molar-refractivity contribution in [3.63, 3.8) is 0 Å². The van der Waals surface area contributed by atoms with Crippen LogP contribution in [0.3, 0.4) is 0 Å². The van der Waals surface area contributed by atoms with Crippen molar-refractivity contribution in [2.75, 3.05) is 0 Å². The fourth-order valence-corrected chi connectivity index (χ4v) is 8.38. The van der Waals surface area contributed by atoms with Crippen LogP contribution in [-0.2, 0) is 0 Å². The van der Waals surface area contributed by atoms with E-state index < -0.39 is 0 Å². The molecule has 216 valence electrons. The van der Waals surface area contributed by atoms with Gasteiger partial charge in [-0.2, -0.15) is 0 Å². The Morgan fingerprint density at radius 1 is 0.256 bits per heavy atom. The molecule has 1 aromatic carbocycles. The molecular weight excluding hydrogens is 474 g/mol. The number of benzene rings is 1. The first-order valence-electron chi connectivity index (χ1n) is 15.1. The summed E-state index contributed by atoms with van der Waals surface area (Å²) in [4.78, 5) is 0. The summed E-state index contributed by atoms with van der Waals surface area (Å²) < 4.78 is 2.49. The highest BCUT2D eigenvalue weighted by molar-refractivity contribution is 5.51. The highest BCUT2D eigenvalue weighted by Gasteiger charge is 2.54. The summed E-state index contributed by atoms with van der Waals surface area (Å²) in [5.74, 6) is 0. The minimum Gasteiger partial charge on any atom is -0.262 e. The molecule has 0 fully saturated rings. The molecule has 0 bridgehead atoms. The molecule has 0 saturated heterocycles. The quantitative estimate of drug-likeness (QED) is 0.433. The lowest BCUT2D eigenvalue weighted by Crippen LogP contribution is -2.62. The van der Waals surface area contributed by atoms with E-state index in [2.05, 4.69) is 162 Å². The van der Waals surface area contributed by atoms with E-state index in [0.717, 1.165) is 13.4 Å². The number of rotatable bonds is 0. The summed E-state index contributed by atoms with van der Waals surface area (Å²) in [5, 5.41) is 8.53. The predicted octanol–water partition coefficient (Wildman–Crippen LogP) is 4.40. The predicted molar refractivity (Wildman–Crippen MR) is 170 cm³/mol. The molecule has 3 heteroatoms. The molecule has 0 radical (unpaired) electrons. The lowest BCUT2D eigenvalue weighted by atomic mass is 9.92. The summed E-state index contributed by atoms with van der Waals surface area (Å²) in [5.41, 5.74) is 0.0933. The molecule has 3 aliphatic heterocycles.